The van der Waals surface area contributed by atoms with Crippen molar-refractivity contribution >= 4 is 41.1 Å². The first-order chi connectivity index (χ1) is 18.7. The number of benzene rings is 2. The van der Waals surface area contributed by atoms with E-state index in [4.69, 9.17) is 16.3 Å². The van der Waals surface area contributed by atoms with Crippen molar-refractivity contribution in [1.29, 1.82) is 0 Å². The quantitative estimate of drug-likeness (QED) is 0.517. The summed E-state index contributed by atoms with van der Waals surface area (Å²) in [5.74, 6) is -0.426. The first-order valence-electron chi connectivity index (χ1n) is 13.1. The van der Waals surface area contributed by atoms with Crippen molar-refractivity contribution in [1.82, 2.24) is 14.7 Å². The zero-order valence-corrected chi connectivity index (χ0v) is 23.2. The molecular formula is C29H34ClFN4O4. The van der Waals surface area contributed by atoms with Crippen molar-refractivity contribution < 1.29 is 23.5 Å². The molecule has 0 aliphatic carbocycles. The number of likely N-dealkylation sites (tertiary alicyclic amines) is 1. The highest BCUT2D eigenvalue weighted by molar-refractivity contribution is 6.32. The Morgan fingerprint density at radius 2 is 1.87 bits per heavy atom. The average molecular weight is 557 g/mol. The maximum Gasteiger partial charge on any atom is 0.247 e. The second kappa shape index (κ2) is 12.6. The van der Waals surface area contributed by atoms with Crippen molar-refractivity contribution in [2.45, 2.75) is 45.3 Å². The molecule has 1 N–H and O–H groups in total. The lowest BCUT2D eigenvalue weighted by atomic mass is 10.1. The highest BCUT2D eigenvalue weighted by atomic mass is 35.5. The molecule has 0 aromatic heterocycles. The largest absolute Gasteiger partial charge is 0.495 e. The molecule has 0 radical (unpaired) electrons. The number of rotatable bonds is 7. The van der Waals surface area contributed by atoms with Gasteiger partial charge < -0.3 is 19.9 Å². The van der Waals surface area contributed by atoms with Crippen LogP contribution in [0.4, 0.5) is 10.1 Å². The average Bonchev–Trinajstić information content (AvgIpc) is 3.40. The molecule has 2 heterocycles. The number of anilines is 1. The smallest absolute Gasteiger partial charge is 0.247 e. The standard InChI is InChI=1S/C29H34ClFN4O4/c1-19-17-33(18-21-6-9-23(31)10-7-21)13-14-34(19)28(37)11-8-22-15-27(39-3)24(30)16-25(22)32-29(38)26-5-4-12-35(26)20(2)36/h6-11,15-16,19,26H,4-5,12-14,17-18H2,1-3H3,(H,32,38)/t19-,26+/m1/s1. The van der Waals surface area contributed by atoms with Crippen LogP contribution in [-0.4, -0.2) is 77.8 Å². The Hall–Kier alpha value is -3.43. The van der Waals surface area contributed by atoms with E-state index in [1.54, 1.807) is 35.2 Å². The van der Waals surface area contributed by atoms with E-state index in [1.807, 2.05) is 11.8 Å². The molecule has 39 heavy (non-hydrogen) atoms. The summed E-state index contributed by atoms with van der Waals surface area (Å²) < 4.78 is 18.6. The Morgan fingerprint density at radius 1 is 1.13 bits per heavy atom. The number of carbonyl (C=O) groups excluding carboxylic acids is 3. The predicted octanol–water partition coefficient (Wildman–Crippen LogP) is 4.18. The minimum Gasteiger partial charge on any atom is -0.495 e. The predicted molar refractivity (Wildman–Crippen MR) is 149 cm³/mol. The van der Waals surface area contributed by atoms with Crippen molar-refractivity contribution in [3.8, 4) is 5.75 Å². The normalized spacial score (nSPS) is 19.9. The van der Waals surface area contributed by atoms with Gasteiger partial charge in [0.25, 0.3) is 0 Å². The van der Waals surface area contributed by atoms with Crippen molar-refractivity contribution in [3.63, 3.8) is 0 Å². The van der Waals surface area contributed by atoms with E-state index in [0.29, 0.717) is 61.2 Å². The Bertz CT molecular complexity index is 1250. The fraction of sp³-hybridized carbons (Fsp3) is 0.414. The van der Waals surface area contributed by atoms with Gasteiger partial charge in [0.15, 0.2) is 0 Å². The number of carbonyl (C=O) groups is 3. The topological polar surface area (TPSA) is 82.2 Å². The molecule has 0 saturated carbocycles. The van der Waals surface area contributed by atoms with E-state index >= 15 is 0 Å². The molecule has 2 aliphatic heterocycles. The van der Waals surface area contributed by atoms with Crippen LogP contribution in [0, 0.1) is 5.82 Å². The van der Waals surface area contributed by atoms with Gasteiger partial charge in [-0.3, -0.25) is 19.3 Å². The molecule has 3 amide bonds. The summed E-state index contributed by atoms with van der Waals surface area (Å²) in [5, 5.41) is 3.21. The molecular weight excluding hydrogens is 523 g/mol. The molecule has 4 rings (SSSR count). The molecule has 0 unspecified atom stereocenters. The van der Waals surface area contributed by atoms with E-state index in [1.165, 1.54) is 32.2 Å². The van der Waals surface area contributed by atoms with Gasteiger partial charge in [-0.15, -0.1) is 0 Å². The lowest BCUT2D eigenvalue weighted by Crippen LogP contribution is -2.53. The lowest BCUT2D eigenvalue weighted by molar-refractivity contribution is -0.134. The molecule has 8 nitrogen and oxygen atoms in total. The first-order valence-corrected chi connectivity index (χ1v) is 13.4. The number of ether oxygens (including phenoxy) is 1. The molecule has 2 aliphatic rings. The van der Waals surface area contributed by atoms with Crippen molar-refractivity contribution in [3.05, 3.63) is 64.4 Å². The summed E-state index contributed by atoms with van der Waals surface area (Å²) >= 11 is 6.34. The summed E-state index contributed by atoms with van der Waals surface area (Å²) in [5.41, 5.74) is 2.02. The maximum absolute atomic E-state index is 13.2. The van der Waals surface area contributed by atoms with Crippen LogP contribution in [0.3, 0.4) is 0 Å². The molecule has 2 atom stereocenters. The Labute approximate surface area is 233 Å². The van der Waals surface area contributed by atoms with Crippen LogP contribution in [0.1, 0.15) is 37.8 Å². The minimum atomic E-state index is -0.547. The number of piperazine rings is 1. The number of nitrogens with zero attached hydrogens (tertiary/aromatic N) is 3. The SMILES string of the molecule is COc1cc(C=CC(=O)N2CCN(Cc3ccc(F)cc3)C[C@H]2C)c(NC(=O)[C@@H]2CCCN2C(C)=O)cc1Cl. The van der Waals surface area contributed by atoms with Gasteiger partial charge in [0.05, 0.1) is 12.1 Å². The summed E-state index contributed by atoms with van der Waals surface area (Å²) in [4.78, 5) is 43.8. The second-order valence-corrected chi connectivity index (χ2v) is 10.4. The summed E-state index contributed by atoms with van der Waals surface area (Å²) in [7, 11) is 1.49. The van der Waals surface area contributed by atoms with Gasteiger partial charge in [0.1, 0.15) is 17.6 Å². The number of hydrogen-bond donors (Lipinski definition) is 1. The third kappa shape index (κ3) is 6.96. The third-order valence-corrected chi connectivity index (χ3v) is 7.56. The first kappa shape index (κ1) is 28.6. The number of halogens is 2. The summed E-state index contributed by atoms with van der Waals surface area (Å²) in [6.07, 6.45) is 4.48. The van der Waals surface area contributed by atoms with E-state index in [0.717, 1.165) is 12.0 Å². The van der Waals surface area contributed by atoms with Gasteiger partial charge in [0, 0.05) is 63.0 Å². The van der Waals surface area contributed by atoms with Crippen LogP contribution in [0.2, 0.25) is 5.02 Å². The van der Waals surface area contributed by atoms with Crippen molar-refractivity contribution in [2.75, 3.05) is 38.6 Å². The summed E-state index contributed by atoms with van der Waals surface area (Å²) in [6, 6.07) is 9.17. The Morgan fingerprint density at radius 3 is 2.54 bits per heavy atom. The zero-order valence-electron chi connectivity index (χ0n) is 22.5. The molecule has 2 saturated heterocycles. The molecule has 0 bridgehead atoms. The molecule has 0 spiro atoms. The number of nitrogens with one attached hydrogen (secondary N) is 1. The summed E-state index contributed by atoms with van der Waals surface area (Å²) in [6.45, 7) is 6.65. The molecule has 2 fully saturated rings. The van der Waals surface area contributed by atoms with Crippen LogP contribution in [0.15, 0.2) is 42.5 Å². The number of hydrogen-bond acceptors (Lipinski definition) is 5. The Kier molecular flexibility index (Phi) is 9.24. The highest BCUT2D eigenvalue weighted by Crippen LogP contribution is 2.33. The van der Waals surface area contributed by atoms with Gasteiger partial charge >= 0.3 is 0 Å². The fourth-order valence-corrected chi connectivity index (χ4v) is 5.45. The molecule has 10 heteroatoms. The monoisotopic (exact) mass is 556 g/mol. The van der Waals surface area contributed by atoms with Crippen LogP contribution in [0.5, 0.6) is 5.75 Å². The maximum atomic E-state index is 13.2. The Balaban J connectivity index is 1.44. The van der Waals surface area contributed by atoms with Gasteiger partial charge in [-0.05, 0) is 55.7 Å². The highest BCUT2D eigenvalue weighted by Gasteiger charge is 2.33. The van der Waals surface area contributed by atoms with Gasteiger partial charge in [-0.2, -0.15) is 0 Å². The van der Waals surface area contributed by atoms with E-state index in [2.05, 4.69) is 10.2 Å². The molecule has 2 aromatic rings. The number of methoxy groups -OCH3 is 1. The van der Waals surface area contributed by atoms with Crippen molar-refractivity contribution in [2.24, 2.45) is 0 Å². The van der Waals surface area contributed by atoms with Crippen LogP contribution in [-0.2, 0) is 20.9 Å². The number of amides is 3. The minimum absolute atomic E-state index is 0.0183. The van der Waals surface area contributed by atoms with Crippen LogP contribution in [0.25, 0.3) is 6.08 Å². The van der Waals surface area contributed by atoms with E-state index < -0.39 is 6.04 Å². The molecule has 208 valence electrons. The third-order valence-electron chi connectivity index (χ3n) is 7.26. The second-order valence-electron chi connectivity index (χ2n) is 10.0. The fourth-order valence-electron chi connectivity index (χ4n) is 5.21. The van der Waals surface area contributed by atoms with Gasteiger partial charge in [-0.25, -0.2) is 4.39 Å². The molecule has 2 aromatic carbocycles. The van der Waals surface area contributed by atoms with E-state index in [-0.39, 0.29) is 29.6 Å². The van der Waals surface area contributed by atoms with Gasteiger partial charge in [-0.1, -0.05) is 23.7 Å². The van der Waals surface area contributed by atoms with Crippen LogP contribution < -0.4 is 10.1 Å². The lowest BCUT2D eigenvalue weighted by Gasteiger charge is -2.39. The zero-order chi connectivity index (χ0) is 28.1. The van der Waals surface area contributed by atoms with Gasteiger partial charge in [0.2, 0.25) is 17.7 Å². The van der Waals surface area contributed by atoms with Crippen LogP contribution >= 0.6 is 11.6 Å². The van der Waals surface area contributed by atoms with E-state index in [9.17, 15) is 18.8 Å².